The Balaban J connectivity index is 1.12. The number of thiophene rings is 1. The van der Waals surface area contributed by atoms with Crippen molar-refractivity contribution in [1.29, 1.82) is 0 Å². The summed E-state index contributed by atoms with van der Waals surface area (Å²) in [6.07, 6.45) is 0. The third-order valence-electron chi connectivity index (χ3n) is 7.02. The zero-order chi connectivity index (χ0) is 33.7. The first-order valence-corrected chi connectivity index (χ1v) is 19.0. The minimum Gasteiger partial charge on any atom is -0.491 e. The summed E-state index contributed by atoms with van der Waals surface area (Å²) in [7, 11) is -3.50. The lowest BCUT2D eigenvalue weighted by Crippen LogP contribution is -2.50. The van der Waals surface area contributed by atoms with E-state index >= 15 is 0 Å². The molecule has 0 N–H and O–H groups in total. The average Bonchev–Trinajstić information content (AvgIpc) is 3.63. The number of anilines is 1. The predicted molar refractivity (Wildman–Crippen MR) is 177 cm³/mol. The van der Waals surface area contributed by atoms with Gasteiger partial charge in [0.2, 0.25) is 19.3 Å². The molecule has 0 fully saturated rings. The van der Waals surface area contributed by atoms with Gasteiger partial charge in [-0.1, -0.05) is 22.7 Å². The number of ether oxygens (including phenoxy) is 1. The minimum absolute atomic E-state index is 0.0177. The van der Waals surface area contributed by atoms with E-state index in [2.05, 4.69) is 44.2 Å². The molecule has 0 aliphatic rings. The van der Waals surface area contributed by atoms with Crippen molar-refractivity contribution in [2.24, 2.45) is 20.5 Å². The highest BCUT2D eigenvalue weighted by atomic mass is 32.1. The van der Waals surface area contributed by atoms with Crippen molar-refractivity contribution in [2.75, 3.05) is 31.2 Å². The molecule has 0 aliphatic carbocycles. The van der Waals surface area contributed by atoms with Gasteiger partial charge in [0.25, 0.3) is 0 Å². The number of halogens is 5. The van der Waals surface area contributed by atoms with E-state index in [1.54, 1.807) is 24.3 Å². The maximum absolute atomic E-state index is 14.2. The zero-order valence-electron chi connectivity index (χ0n) is 25.7. The lowest BCUT2D eigenvalue weighted by molar-refractivity contribution is 0.213. The van der Waals surface area contributed by atoms with Gasteiger partial charge in [0.05, 0.1) is 22.7 Å². The van der Waals surface area contributed by atoms with E-state index in [0.717, 1.165) is 34.0 Å². The van der Waals surface area contributed by atoms with E-state index in [9.17, 15) is 22.0 Å². The van der Waals surface area contributed by atoms with Gasteiger partial charge < -0.3 is 14.1 Å². The van der Waals surface area contributed by atoms with E-state index in [1.807, 2.05) is 30.3 Å². The van der Waals surface area contributed by atoms with Crippen LogP contribution in [-0.4, -0.2) is 39.6 Å². The average molecular weight is 705 g/mol. The lowest BCUT2D eigenvalue weighted by Gasteiger charge is -2.24. The van der Waals surface area contributed by atoms with Crippen molar-refractivity contribution in [3.8, 4) is 5.75 Å². The van der Waals surface area contributed by atoms with Gasteiger partial charge in [0.1, 0.15) is 22.2 Å². The summed E-state index contributed by atoms with van der Waals surface area (Å²) >= 11 is 2.79. The quantitative estimate of drug-likeness (QED) is 0.0305. The van der Waals surface area contributed by atoms with Crippen LogP contribution >= 0.6 is 22.7 Å². The fraction of sp³-hybridized carbons (Fsp3) is 0.258. The van der Waals surface area contributed by atoms with Crippen molar-refractivity contribution in [3.05, 3.63) is 83.7 Å². The second-order valence-corrected chi connectivity index (χ2v) is 16.3. The molecule has 0 bridgehead atoms. The van der Waals surface area contributed by atoms with E-state index in [4.69, 9.17) is 9.16 Å². The Morgan fingerprint density at radius 3 is 1.89 bits per heavy atom. The van der Waals surface area contributed by atoms with E-state index in [-0.39, 0.29) is 13.2 Å². The largest absolute Gasteiger partial charge is 0.491 e. The molecular formula is C31H29F5N6O2S2Si. The summed E-state index contributed by atoms with van der Waals surface area (Å²) in [4.78, 5) is 7.57. The molecule has 5 aromatic rings. The third kappa shape index (κ3) is 7.89. The number of nitrogens with zero attached hydrogens (tertiary/aromatic N) is 6. The molecule has 0 radical (unpaired) electrons. The first-order chi connectivity index (χ1) is 22.5. The second-order valence-electron chi connectivity index (χ2n) is 10.5. The topological polar surface area (TPSA) is 84.0 Å². The fourth-order valence-corrected chi connectivity index (χ4v) is 8.47. The van der Waals surface area contributed by atoms with Gasteiger partial charge in [-0.25, -0.2) is 26.9 Å². The van der Waals surface area contributed by atoms with Gasteiger partial charge >= 0.3 is 0 Å². The number of thiazole rings is 1. The number of fused-ring (bicyclic) bond motifs is 1. The van der Waals surface area contributed by atoms with Crippen LogP contribution < -0.4 is 14.8 Å². The van der Waals surface area contributed by atoms with Crippen LogP contribution in [0.4, 0.5) is 49.1 Å². The zero-order valence-corrected chi connectivity index (χ0v) is 28.4. The Bertz CT molecular complexity index is 1850. The number of hydrogen-bond donors (Lipinski definition) is 0. The molecule has 246 valence electrons. The highest BCUT2D eigenvalue weighted by Crippen LogP contribution is 2.39. The number of benzene rings is 3. The smallest absolute Gasteiger partial charge is 0.231 e. The molecule has 5 rings (SSSR count). The molecule has 0 saturated carbocycles. The van der Waals surface area contributed by atoms with Crippen LogP contribution in [-0.2, 0) is 4.43 Å². The van der Waals surface area contributed by atoms with Crippen molar-refractivity contribution in [1.82, 2.24) is 4.98 Å². The molecule has 0 aliphatic heterocycles. The van der Waals surface area contributed by atoms with Gasteiger partial charge in [0.15, 0.2) is 23.3 Å². The Kier molecular flexibility index (Phi) is 10.7. The van der Waals surface area contributed by atoms with Crippen molar-refractivity contribution in [3.63, 3.8) is 0 Å². The minimum atomic E-state index is -3.50. The Hall–Kier alpha value is -4.12. The van der Waals surface area contributed by atoms with Crippen molar-refractivity contribution in [2.45, 2.75) is 26.9 Å². The number of aromatic nitrogens is 1. The van der Waals surface area contributed by atoms with Crippen LogP contribution in [0.2, 0.25) is 13.1 Å². The molecule has 8 nitrogen and oxygen atoms in total. The van der Waals surface area contributed by atoms with E-state index in [1.165, 1.54) is 35.8 Å². The van der Waals surface area contributed by atoms with Gasteiger partial charge in [-0.15, -0.1) is 20.5 Å². The molecular weight excluding hydrogens is 676 g/mol. The van der Waals surface area contributed by atoms with Crippen LogP contribution in [0.15, 0.2) is 75.1 Å². The maximum Gasteiger partial charge on any atom is 0.231 e. The molecule has 0 saturated heterocycles. The molecule has 0 unspecified atom stereocenters. The summed E-state index contributed by atoms with van der Waals surface area (Å²) in [5.41, 5.74) is 2.46. The van der Waals surface area contributed by atoms with Crippen molar-refractivity contribution >= 4 is 72.9 Å². The maximum atomic E-state index is 14.2. The third-order valence-corrected chi connectivity index (χ3v) is 11.5. The van der Waals surface area contributed by atoms with Crippen LogP contribution in [0.1, 0.15) is 13.8 Å². The Morgan fingerprint density at radius 2 is 1.30 bits per heavy atom. The summed E-state index contributed by atoms with van der Waals surface area (Å²) in [6.45, 7) is 8.65. The second kappa shape index (κ2) is 14.7. The van der Waals surface area contributed by atoms with E-state index < -0.39 is 42.6 Å². The van der Waals surface area contributed by atoms with Crippen LogP contribution in [0.25, 0.3) is 9.53 Å². The summed E-state index contributed by atoms with van der Waals surface area (Å²) < 4.78 is 81.3. The first kappa shape index (κ1) is 34.2. The van der Waals surface area contributed by atoms with Crippen molar-refractivity contribution < 1.29 is 31.1 Å². The van der Waals surface area contributed by atoms with Gasteiger partial charge in [-0.2, -0.15) is 0 Å². The number of rotatable bonds is 13. The van der Waals surface area contributed by atoms with Crippen LogP contribution in [0, 0.1) is 29.1 Å². The van der Waals surface area contributed by atoms with Gasteiger partial charge in [-0.05, 0) is 81.5 Å². The first-order valence-electron chi connectivity index (χ1n) is 14.5. The predicted octanol–water partition coefficient (Wildman–Crippen LogP) is 10.2. The van der Waals surface area contributed by atoms with E-state index in [0.29, 0.717) is 21.6 Å². The monoisotopic (exact) mass is 704 g/mol. The molecule has 2 aromatic heterocycles. The molecule has 16 heteroatoms. The van der Waals surface area contributed by atoms with Gasteiger partial charge in [-0.3, -0.25) is 0 Å². The Labute approximate surface area is 276 Å². The summed E-state index contributed by atoms with van der Waals surface area (Å²) in [5, 5.41) is 17.5. The molecule has 47 heavy (non-hydrogen) atoms. The SMILES string of the molecule is CCN(CC)c1ccc(N=Nc2nc3sc(N=Nc4ccc(OCCO[Si](C)(C)c5c(F)c(F)c(F)c(F)c5F)cc4)cc3s2)cc1. The molecule has 0 spiro atoms. The fourth-order valence-electron chi connectivity index (χ4n) is 4.60. The van der Waals surface area contributed by atoms with Crippen LogP contribution in [0.3, 0.4) is 0 Å². The summed E-state index contributed by atoms with van der Waals surface area (Å²) in [6, 6.07) is 16.5. The Morgan fingerprint density at radius 1 is 0.723 bits per heavy atom. The highest BCUT2D eigenvalue weighted by molar-refractivity contribution is 7.30. The standard InChI is InChI=1S/C31H29F5N6O2S2Si/c1-5-42(6-2)20-11-7-18(8-12-20)39-41-31-37-30-22(45-31)17-23(46-30)40-38-19-9-13-21(14-10-19)43-15-16-44-47(3,4)29-27(35)25(33)24(32)26(34)28(29)36/h7-14,17H,5-6,15-16H2,1-4H3. The summed E-state index contributed by atoms with van der Waals surface area (Å²) in [5.74, 6) is -9.47. The normalized spacial score (nSPS) is 12.2. The molecule has 3 aromatic carbocycles. The lowest BCUT2D eigenvalue weighted by atomic mass is 10.2. The molecule has 0 amide bonds. The highest BCUT2D eigenvalue weighted by Gasteiger charge is 2.38. The van der Waals surface area contributed by atoms with Gasteiger partial charge in [0, 0.05) is 24.0 Å². The molecule has 2 heterocycles. The number of azo groups is 2. The molecule has 0 atom stereocenters. The van der Waals surface area contributed by atoms with Crippen LogP contribution in [0.5, 0.6) is 5.75 Å². The number of hydrogen-bond acceptors (Lipinski definition) is 10.